The van der Waals surface area contributed by atoms with Gasteiger partial charge in [-0.1, -0.05) is 78.9 Å². The Bertz CT molecular complexity index is 1290. The van der Waals surface area contributed by atoms with Crippen molar-refractivity contribution in [2.45, 2.75) is 19.1 Å². The molecule has 2 heterocycles. The zero-order chi connectivity index (χ0) is 24.0. The summed E-state index contributed by atoms with van der Waals surface area (Å²) < 4.78 is 1.91. The molecule has 6 nitrogen and oxygen atoms in total. The van der Waals surface area contributed by atoms with Crippen molar-refractivity contribution in [2.75, 3.05) is 11.6 Å². The van der Waals surface area contributed by atoms with E-state index in [1.807, 2.05) is 77.6 Å². The van der Waals surface area contributed by atoms with Gasteiger partial charge in [-0.2, -0.15) is 5.10 Å². The molecule has 2 amide bonds. The molecule has 3 aromatic carbocycles. The van der Waals surface area contributed by atoms with Crippen LogP contribution in [0.5, 0.6) is 0 Å². The third-order valence-corrected chi connectivity index (χ3v) is 7.00. The number of hydrogen-bond donors (Lipinski definition) is 1. The number of nitrogens with zero attached hydrogens (tertiary/aromatic N) is 3. The maximum atomic E-state index is 13.2. The van der Waals surface area contributed by atoms with E-state index in [2.05, 4.69) is 17.4 Å². The number of hydrogen-bond acceptors (Lipinski definition) is 4. The number of amides is 2. The fourth-order valence-corrected chi connectivity index (χ4v) is 5.34. The predicted molar refractivity (Wildman–Crippen MR) is 139 cm³/mol. The Morgan fingerprint density at radius 3 is 2.29 bits per heavy atom. The molecule has 35 heavy (non-hydrogen) atoms. The first-order valence-corrected chi connectivity index (χ1v) is 12.7. The first-order chi connectivity index (χ1) is 17.2. The standard InChI is InChI=1S/C28H26N4O2S/c33-27(25-19-35-20-32(25)28(34)23-14-8-3-9-15-23)29-16-24-18-31(17-21-10-4-1-5-11-21)30-26(24)22-12-6-2-7-13-22/h1-15,18,25H,16-17,19-20H2,(H,29,33). The number of carbonyl (C=O) groups is 2. The second-order valence-electron chi connectivity index (χ2n) is 8.43. The quantitative estimate of drug-likeness (QED) is 0.423. The highest BCUT2D eigenvalue weighted by atomic mass is 32.2. The maximum Gasteiger partial charge on any atom is 0.255 e. The molecular formula is C28H26N4O2S. The van der Waals surface area contributed by atoms with Gasteiger partial charge in [-0.05, 0) is 17.7 Å². The van der Waals surface area contributed by atoms with Crippen LogP contribution in [0.1, 0.15) is 21.5 Å². The summed E-state index contributed by atoms with van der Waals surface area (Å²) in [5.41, 5.74) is 4.54. The SMILES string of the molecule is O=C(NCc1cn(Cc2ccccc2)nc1-c1ccccc1)C1CSCN1C(=O)c1ccccc1. The van der Waals surface area contributed by atoms with Crippen molar-refractivity contribution >= 4 is 23.6 Å². The van der Waals surface area contributed by atoms with E-state index in [-0.39, 0.29) is 11.8 Å². The fraction of sp³-hybridized carbons (Fsp3) is 0.179. The molecule has 1 unspecified atom stereocenters. The Morgan fingerprint density at radius 2 is 1.57 bits per heavy atom. The lowest BCUT2D eigenvalue weighted by Gasteiger charge is -2.23. The first-order valence-electron chi connectivity index (χ1n) is 11.6. The summed E-state index contributed by atoms with van der Waals surface area (Å²) >= 11 is 1.60. The van der Waals surface area contributed by atoms with Gasteiger partial charge < -0.3 is 10.2 Å². The molecule has 7 heteroatoms. The molecule has 1 saturated heterocycles. The Hall–Kier alpha value is -3.84. The summed E-state index contributed by atoms with van der Waals surface area (Å²) in [6, 6.07) is 28.8. The van der Waals surface area contributed by atoms with Crippen molar-refractivity contribution in [1.29, 1.82) is 0 Å². The molecule has 1 aliphatic heterocycles. The maximum absolute atomic E-state index is 13.2. The molecule has 1 N–H and O–H groups in total. The molecule has 5 rings (SSSR count). The van der Waals surface area contributed by atoms with E-state index in [1.54, 1.807) is 28.8 Å². The monoisotopic (exact) mass is 482 g/mol. The zero-order valence-electron chi connectivity index (χ0n) is 19.2. The molecule has 1 atom stereocenters. The van der Waals surface area contributed by atoms with E-state index in [9.17, 15) is 9.59 Å². The number of benzene rings is 3. The van der Waals surface area contributed by atoms with Gasteiger partial charge in [-0.15, -0.1) is 11.8 Å². The van der Waals surface area contributed by atoms with Crippen LogP contribution in [0.3, 0.4) is 0 Å². The predicted octanol–water partition coefficient (Wildman–Crippen LogP) is 4.43. The summed E-state index contributed by atoms with van der Waals surface area (Å²) in [7, 11) is 0. The average molecular weight is 483 g/mol. The molecule has 0 spiro atoms. The molecule has 0 radical (unpaired) electrons. The summed E-state index contributed by atoms with van der Waals surface area (Å²) in [6.07, 6.45) is 1.99. The number of thioether (sulfide) groups is 1. The Kier molecular flexibility index (Phi) is 6.95. The molecule has 1 aliphatic rings. The number of rotatable bonds is 7. The van der Waals surface area contributed by atoms with Gasteiger partial charge in [0.2, 0.25) is 5.91 Å². The summed E-state index contributed by atoms with van der Waals surface area (Å²) in [6.45, 7) is 0.986. The van der Waals surface area contributed by atoms with Gasteiger partial charge in [0.25, 0.3) is 5.91 Å². The largest absolute Gasteiger partial charge is 0.350 e. The van der Waals surface area contributed by atoms with Crippen LogP contribution in [-0.2, 0) is 17.9 Å². The lowest BCUT2D eigenvalue weighted by molar-refractivity contribution is -0.124. The Morgan fingerprint density at radius 1 is 0.914 bits per heavy atom. The van der Waals surface area contributed by atoms with E-state index in [0.717, 1.165) is 22.4 Å². The van der Waals surface area contributed by atoms with Crippen molar-refractivity contribution < 1.29 is 9.59 Å². The molecule has 0 saturated carbocycles. The van der Waals surface area contributed by atoms with Gasteiger partial charge in [0.05, 0.1) is 18.1 Å². The minimum atomic E-state index is -0.493. The van der Waals surface area contributed by atoms with Crippen molar-refractivity contribution in [3.63, 3.8) is 0 Å². The Labute approximate surface area is 209 Å². The van der Waals surface area contributed by atoms with Crippen LogP contribution in [-0.4, -0.2) is 44.2 Å². The fourth-order valence-electron chi connectivity index (χ4n) is 4.19. The van der Waals surface area contributed by atoms with Crippen LogP contribution in [0.15, 0.2) is 97.2 Å². The number of carbonyl (C=O) groups excluding carboxylic acids is 2. The number of aromatic nitrogens is 2. The van der Waals surface area contributed by atoms with E-state index in [4.69, 9.17) is 5.10 Å². The van der Waals surface area contributed by atoms with Crippen LogP contribution in [0.25, 0.3) is 11.3 Å². The molecule has 176 valence electrons. The molecular weight excluding hydrogens is 456 g/mol. The highest BCUT2D eigenvalue weighted by Gasteiger charge is 2.35. The smallest absolute Gasteiger partial charge is 0.255 e. The van der Waals surface area contributed by atoms with Gasteiger partial charge in [0.15, 0.2) is 0 Å². The van der Waals surface area contributed by atoms with Crippen LogP contribution < -0.4 is 5.32 Å². The lowest BCUT2D eigenvalue weighted by atomic mass is 10.1. The highest BCUT2D eigenvalue weighted by molar-refractivity contribution is 7.99. The van der Waals surface area contributed by atoms with Gasteiger partial charge >= 0.3 is 0 Å². The van der Waals surface area contributed by atoms with Crippen molar-refractivity contribution in [2.24, 2.45) is 0 Å². The summed E-state index contributed by atoms with van der Waals surface area (Å²) in [5.74, 6) is 0.838. The first kappa shape index (κ1) is 22.9. The second kappa shape index (κ2) is 10.6. The van der Waals surface area contributed by atoms with Crippen molar-refractivity contribution in [3.8, 4) is 11.3 Å². The molecule has 1 fully saturated rings. The molecule has 0 aliphatic carbocycles. The van der Waals surface area contributed by atoms with E-state index in [0.29, 0.717) is 30.3 Å². The lowest BCUT2D eigenvalue weighted by Crippen LogP contribution is -2.47. The minimum Gasteiger partial charge on any atom is -0.350 e. The molecule has 4 aromatic rings. The topological polar surface area (TPSA) is 67.2 Å². The van der Waals surface area contributed by atoms with E-state index in [1.165, 1.54) is 0 Å². The summed E-state index contributed by atoms with van der Waals surface area (Å²) in [5, 5.41) is 7.90. The zero-order valence-corrected chi connectivity index (χ0v) is 20.0. The highest BCUT2D eigenvalue weighted by Crippen LogP contribution is 2.25. The molecule has 1 aromatic heterocycles. The van der Waals surface area contributed by atoms with E-state index < -0.39 is 6.04 Å². The van der Waals surface area contributed by atoms with Crippen molar-refractivity contribution in [3.05, 3.63) is 114 Å². The minimum absolute atomic E-state index is 0.114. The van der Waals surface area contributed by atoms with Crippen LogP contribution in [0.4, 0.5) is 0 Å². The van der Waals surface area contributed by atoms with Gasteiger partial charge in [0.1, 0.15) is 6.04 Å². The normalized spacial score (nSPS) is 15.2. The second-order valence-corrected chi connectivity index (χ2v) is 9.43. The Balaban J connectivity index is 1.32. The van der Waals surface area contributed by atoms with Crippen molar-refractivity contribution in [1.82, 2.24) is 20.0 Å². The van der Waals surface area contributed by atoms with Crippen LogP contribution in [0, 0.1) is 0 Å². The van der Waals surface area contributed by atoms with Gasteiger partial charge in [-0.3, -0.25) is 14.3 Å². The third kappa shape index (κ3) is 5.30. The van der Waals surface area contributed by atoms with Gasteiger partial charge in [0, 0.05) is 35.2 Å². The van der Waals surface area contributed by atoms with Gasteiger partial charge in [-0.25, -0.2) is 0 Å². The molecule has 0 bridgehead atoms. The summed E-state index contributed by atoms with van der Waals surface area (Å²) in [4.78, 5) is 27.8. The van der Waals surface area contributed by atoms with E-state index >= 15 is 0 Å². The third-order valence-electron chi connectivity index (χ3n) is 5.99. The number of nitrogens with one attached hydrogen (secondary N) is 1. The van der Waals surface area contributed by atoms with Crippen LogP contribution >= 0.6 is 11.8 Å². The van der Waals surface area contributed by atoms with Crippen LogP contribution in [0.2, 0.25) is 0 Å². The average Bonchev–Trinajstić information content (AvgIpc) is 3.56.